The summed E-state index contributed by atoms with van der Waals surface area (Å²) in [7, 11) is 0. The molecule has 0 radical (unpaired) electrons. The molecule has 2 atom stereocenters. The van der Waals surface area contributed by atoms with Gasteiger partial charge in [-0.25, -0.2) is 0 Å². The highest BCUT2D eigenvalue weighted by Gasteiger charge is 2.32. The van der Waals surface area contributed by atoms with Crippen molar-refractivity contribution >= 4 is 11.9 Å². The van der Waals surface area contributed by atoms with Crippen LogP contribution in [-0.2, 0) is 9.59 Å². The molecule has 2 rings (SSSR count). The molecule has 5 nitrogen and oxygen atoms in total. The standard InChI is InChI=1S/C18H25NO4/c1-13-6-3-4-7-16(13)23-11-5-8-17(20)19-12-15(18(21)22)10-9-14(19)2/h3-4,6-7,14-15H,5,8-12H2,1-2H3,(H,21,22). The molecule has 0 spiro atoms. The summed E-state index contributed by atoms with van der Waals surface area (Å²) in [4.78, 5) is 25.2. The molecular formula is C18H25NO4. The lowest BCUT2D eigenvalue weighted by Crippen LogP contribution is -2.47. The molecule has 5 heteroatoms. The van der Waals surface area contributed by atoms with E-state index in [2.05, 4.69) is 0 Å². The van der Waals surface area contributed by atoms with E-state index in [1.807, 2.05) is 38.1 Å². The Morgan fingerprint density at radius 3 is 2.74 bits per heavy atom. The van der Waals surface area contributed by atoms with Crippen molar-refractivity contribution in [2.45, 2.75) is 45.6 Å². The summed E-state index contributed by atoms with van der Waals surface area (Å²) in [6.07, 6.45) is 2.43. The van der Waals surface area contributed by atoms with Crippen LogP contribution < -0.4 is 4.74 Å². The van der Waals surface area contributed by atoms with E-state index in [1.165, 1.54) is 0 Å². The van der Waals surface area contributed by atoms with Gasteiger partial charge in [-0.2, -0.15) is 0 Å². The molecule has 0 aromatic heterocycles. The van der Waals surface area contributed by atoms with Crippen molar-refractivity contribution in [1.29, 1.82) is 0 Å². The maximum Gasteiger partial charge on any atom is 0.308 e. The molecule has 2 unspecified atom stereocenters. The minimum absolute atomic E-state index is 0.0248. The fourth-order valence-corrected chi connectivity index (χ4v) is 2.92. The van der Waals surface area contributed by atoms with E-state index in [0.717, 1.165) is 17.7 Å². The molecule has 1 aromatic rings. The SMILES string of the molecule is Cc1ccccc1OCCCC(=O)N1CC(C(=O)O)CCC1C. The van der Waals surface area contributed by atoms with Gasteiger partial charge in [-0.15, -0.1) is 0 Å². The van der Waals surface area contributed by atoms with Gasteiger partial charge in [-0.1, -0.05) is 18.2 Å². The van der Waals surface area contributed by atoms with Gasteiger partial charge in [0.25, 0.3) is 0 Å². The Bertz CT molecular complexity index is 558. The smallest absolute Gasteiger partial charge is 0.308 e. The van der Waals surface area contributed by atoms with Crippen molar-refractivity contribution in [2.75, 3.05) is 13.2 Å². The number of para-hydroxylation sites is 1. The number of hydrogen-bond acceptors (Lipinski definition) is 3. The second kappa shape index (κ2) is 7.99. The van der Waals surface area contributed by atoms with Crippen molar-refractivity contribution in [3.05, 3.63) is 29.8 Å². The first-order chi connectivity index (χ1) is 11.0. The van der Waals surface area contributed by atoms with Gasteiger partial charge in [0.2, 0.25) is 5.91 Å². The van der Waals surface area contributed by atoms with Crippen molar-refractivity contribution in [3.63, 3.8) is 0 Å². The number of piperidine rings is 1. The molecule has 1 fully saturated rings. The highest BCUT2D eigenvalue weighted by atomic mass is 16.5. The third kappa shape index (κ3) is 4.71. The topological polar surface area (TPSA) is 66.8 Å². The van der Waals surface area contributed by atoms with Gasteiger partial charge in [-0.3, -0.25) is 9.59 Å². The van der Waals surface area contributed by atoms with Crippen LogP contribution in [0.3, 0.4) is 0 Å². The predicted molar refractivity (Wildman–Crippen MR) is 87.4 cm³/mol. The van der Waals surface area contributed by atoms with Gasteiger partial charge in [0.05, 0.1) is 12.5 Å². The number of carboxylic acids is 1. The summed E-state index contributed by atoms with van der Waals surface area (Å²) in [5.74, 6) is -0.370. The van der Waals surface area contributed by atoms with Gasteiger partial charge < -0.3 is 14.7 Å². The van der Waals surface area contributed by atoms with Gasteiger partial charge in [-0.05, 0) is 44.7 Å². The van der Waals surface area contributed by atoms with Crippen LogP contribution in [0, 0.1) is 12.8 Å². The van der Waals surface area contributed by atoms with E-state index in [1.54, 1.807) is 4.90 Å². The van der Waals surface area contributed by atoms with Crippen LogP contribution in [0.15, 0.2) is 24.3 Å². The Morgan fingerprint density at radius 2 is 2.04 bits per heavy atom. The van der Waals surface area contributed by atoms with Crippen LogP contribution >= 0.6 is 0 Å². The number of rotatable bonds is 6. The first kappa shape index (κ1) is 17.3. The number of hydrogen-bond donors (Lipinski definition) is 1. The number of ether oxygens (including phenoxy) is 1. The second-order valence-corrected chi connectivity index (χ2v) is 6.23. The number of aliphatic carboxylic acids is 1. The van der Waals surface area contributed by atoms with Crippen molar-refractivity contribution in [2.24, 2.45) is 5.92 Å². The van der Waals surface area contributed by atoms with Gasteiger partial charge >= 0.3 is 5.97 Å². The molecule has 1 aliphatic heterocycles. The van der Waals surface area contributed by atoms with Crippen LogP contribution in [0.2, 0.25) is 0 Å². The number of amides is 1. The first-order valence-corrected chi connectivity index (χ1v) is 8.19. The monoisotopic (exact) mass is 319 g/mol. The highest BCUT2D eigenvalue weighted by Crippen LogP contribution is 2.23. The Morgan fingerprint density at radius 1 is 1.30 bits per heavy atom. The van der Waals surface area contributed by atoms with Crippen molar-refractivity contribution in [1.82, 2.24) is 4.90 Å². The Kier molecular flexibility index (Phi) is 6.02. The van der Waals surface area contributed by atoms with Gasteiger partial charge in [0.1, 0.15) is 5.75 Å². The molecule has 0 saturated carbocycles. The lowest BCUT2D eigenvalue weighted by Gasteiger charge is -2.36. The number of aryl methyl sites for hydroxylation is 1. The fraction of sp³-hybridized carbons (Fsp3) is 0.556. The molecule has 1 heterocycles. The second-order valence-electron chi connectivity index (χ2n) is 6.23. The molecule has 1 aromatic carbocycles. The molecule has 23 heavy (non-hydrogen) atoms. The average molecular weight is 319 g/mol. The summed E-state index contributed by atoms with van der Waals surface area (Å²) in [6, 6.07) is 7.91. The lowest BCUT2D eigenvalue weighted by atomic mass is 9.93. The third-order valence-corrected chi connectivity index (χ3v) is 4.44. The summed E-state index contributed by atoms with van der Waals surface area (Å²) in [6.45, 7) is 4.79. The number of likely N-dealkylation sites (tertiary alicyclic amines) is 1. The number of benzene rings is 1. The number of carboxylic acid groups (broad SMARTS) is 1. The molecule has 0 bridgehead atoms. The highest BCUT2D eigenvalue weighted by molar-refractivity contribution is 5.78. The van der Waals surface area contributed by atoms with E-state index < -0.39 is 11.9 Å². The molecule has 1 amide bonds. The molecule has 126 valence electrons. The number of carbonyl (C=O) groups excluding carboxylic acids is 1. The zero-order chi connectivity index (χ0) is 16.8. The predicted octanol–water partition coefficient (Wildman–Crippen LogP) is 2.87. The molecule has 1 saturated heterocycles. The van der Waals surface area contributed by atoms with Crippen LogP contribution in [0.25, 0.3) is 0 Å². The third-order valence-electron chi connectivity index (χ3n) is 4.44. The minimum atomic E-state index is -0.808. The Balaban J connectivity index is 1.77. The van der Waals surface area contributed by atoms with Crippen LogP contribution in [0.5, 0.6) is 5.75 Å². The zero-order valence-corrected chi connectivity index (χ0v) is 13.8. The van der Waals surface area contributed by atoms with Crippen molar-refractivity contribution in [3.8, 4) is 5.75 Å². The summed E-state index contributed by atoms with van der Waals surface area (Å²) >= 11 is 0. The van der Waals surface area contributed by atoms with Crippen LogP contribution in [0.1, 0.15) is 38.2 Å². The quantitative estimate of drug-likeness (QED) is 0.819. The first-order valence-electron chi connectivity index (χ1n) is 8.19. The number of carbonyl (C=O) groups is 2. The van der Waals surface area contributed by atoms with Gasteiger partial charge in [0.15, 0.2) is 0 Å². The Hall–Kier alpha value is -2.04. The summed E-state index contributed by atoms with van der Waals surface area (Å²) in [5, 5.41) is 9.13. The van der Waals surface area contributed by atoms with Crippen LogP contribution in [0.4, 0.5) is 0 Å². The van der Waals surface area contributed by atoms with E-state index in [-0.39, 0.29) is 11.9 Å². The normalized spacial score (nSPS) is 21.0. The fourth-order valence-electron chi connectivity index (χ4n) is 2.92. The van der Waals surface area contributed by atoms with E-state index in [0.29, 0.717) is 32.4 Å². The molecule has 1 N–H and O–H groups in total. The molecular weight excluding hydrogens is 294 g/mol. The van der Waals surface area contributed by atoms with Gasteiger partial charge in [0, 0.05) is 19.0 Å². The van der Waals surface area contributed by atoms with E-state index in [4.69, 9.17) is 9.84 Å². The summed E-state index contributed by atoms with van der Waals surface area (Å²) in [5.41, 5.74) is 1.08. The lowest BCUT2D eigenvalue weighted by molar-refractivity contribution is -0.147. The molecule has 1 aliphatic rings. The Labute approximate surface area is 137 Å². The van der Waals surface area contributed by atoms with Crippen LogP contribution in [-0.4, -0.2) is 41.1 Å². The zero-order valence-electron chi connectivity index (χ0n) is 13.8. The van der Waals surface area contributed by atoms with E-state index in [9.17, 15) is 9.59 Å². The number of nitrogens with zero attached hydrogens (tertiary/aromatic N) is 1. The van der Waals surface area contributed by atoms with E-state index >= 15 is 0 Å². The maximum absolute atomic E-state index is 12.3. The minimum Gasteiger partial charge on any atom is -0.493 e. The molecule has 0 aliphatic carbocycles. The largest absolute Gasteiger partial charge is 0.493 e. The maximum atomic E-state index is 12.3. The summed E-state index contributed by atoms with van der Waals surface area (Å²) < 4.78 is 5.70. The average Bonchev–Trinajstić information content (AvgIpc) is 2.53. The van der Waals surface area contributed by atoms with Crippen molar-refractivity contribution < 1.29 is 19.4 Å².